The fraction of sp³-hybridized carbons (Fsp3) is 0.320. The molecule has 0 aromatic carbocycles. The minimum Gasteiger partial charge on any atom is -0.404 e. The van der Waals surface area contributed by atoms with E-state index in [9.17, 15) is 0 Å². The van der Waals surface area contributed by atoms with Crippen molar-refractivity contribution in [2.24, 2.45) is 10.7 Å². The molecule has 0 amide bonds. The van der Waals surface area contributed by atoms with Crippen LogP contribution in [-0.2, 0) is 32.1 Å². The molecule has 0 aliphatic rings. The first kappa shape index (κ1) is 22.3. The van der Waals surface area contributed by atoms with Crippen molar-refractivity contribution in [3.63, 3.8) is 0 Å². The Kier molecular flexibility index (Phi) is 7.98. The molecule has 0 saturated carbocycles. The lowest BCUT2D eigenvalue weighted by molar-refractivity contribution is 0.848. The highest BCUT2D eigenvalue weighted by Crippen LogP contribution is 2.16. The second-order valence-electron chi connectivity index (χ2n) is 7.37. The van der Waals surface area contributed by atoms with Gasteiger partial charge in [-0.3, -0.25) is 15.0 Å². The molecular formula is C25H30N6. The Bertz CT molecular complexity index is 1050. The molecule has 0 unspecified atom stereocenters. The summed E-state index contributed by atoms with van der Waals surface area (Å²) >= 11 is 0. The first-order valence-electron chi connectivity index (χ1n) is 10.7. The van der Waals surface area contributed by atoms with E-state index in [1.54, 1.807) is 19.5 Å². The lowest BCUT2D eigenvalue weighted by atomic mass is 10.0. The highest BCUT2D eigenvalue weighted by atomic mass is 14.9. The van der Waals surface area contributed by atoms with Crippen molar-refractivity contribution in [2.45, 2.75) is 46.0 Å². The predicted octanol–water partition coefficient (Wildman–Crippen LogP) is 3.77. The van der Waals surface area contributed by atoms with Crippen LogP contribution in [0.2, 0.25) is 0 Å². The van der Waals surface area contributed by atoms with Crippen LogP contribution < -0.4 is 5.73 Å². The van der Waals surface area contributed by atoms with Crippen LogP contribution in [0.15, 0.2) is 54.0 Å². The number of nitrogens with two attached hydrogens (primary N) is 1. The zero-order valence-electron chi connectivity index (χ0n) is 18.5. The van der Waals surface area contributed by atoms with Crippen molar-refractivity contribution in [2.75, 3.05) is 7.05 Å². The molecule has 0 fully saturated rings. The third-order valence-corrected chi connectivity index (χ3v) is 5.21. The van der Waals surface area contributed by atoms with Crippen LogP contribution in [0.25, 0.3) is 5.57 Å². The molecule has 6 nitrogen and oxygen atoms in total. The van der Waals surface area contributed by atoms with Gasteiger partial charge in [-0.25, -0.2) is 9.97 Å². The smallest absolute Gasteiger partial charge is 0.162 e. The van der Waals surface area contributed by atoms with Crippen LogP contribution in [0.5, 0.6) is 0 Å². The van der Waals surface area contributed by atoms with E-state index in [-0.39, 0.29) is 0 Å². The molecule has 0 spiro atoms. The second kappa shape index (κ2) is 11.1. The van der Waals surface area contributed by atoms with Gasteiger partial charge in [-0.15, -0.1) is 0 Å². The van der Waals surface area contributed by atoms with E-state index >= 15 is 0 Å². The third-order valence-electron chi connectivity index (χ3n) is 5.21. The van der Waals surface area contributed by atoms with Crippen LogP contribution in [0.1, 0.15) is 53.4 Å². The first-order chi connectivity index (χ1) is 15.2. The van der Waals surface area contributed by atoms with Gasteiger partial charge < -0.3 is 5.73 Å². The summed E-state index contributed by atoms with van der Waals surface area (Å²) in [6.07, 6.45) is 13.3. The maximum absolute atomic E-state index is 5.69. The molecule has 0 aliphatic heterocycles. The van der Waals surface area contributed by atoms with E-state index < -0.39 is 0 Å². The van der Waals surface area contributed by atoms with Crippen LogP contribution >= 0.6 is 0 Å². The van der Waals surface area contributed by atoms with Gasteiger partial charge in [0.2, 0.25) is 0 Å². The Morgan fingerprint density at radius 3 is 2.48 bits per heavy atom. The Labute approximate surface area is 184 Å². The van der Waals surface area contributed by atoms with Gasteiger partial charge in [-0.1, -0.05) is 26.0 Å². The Morgan fingerprint density at radius 2 is 1.81 bits per heavy atom. The maximum Gasteiger partial charge on any atom is 0.162 e. The van der Waals surface area contributed by atoms with Gasteiger partial charge in [-0.2, -0.15) is 0 Å². The average molecular weight is 415 g/mol. The zero-order chi connectivity index (χ0) is 22.1. The molecule has 3 rings (SSSR count). The molecule has 31 heavy (non-hydrogen) atoms. The normalized spacial score (nSPS) is 11.9. The minimum absolute atomic E-state index is 0.576. The number of aromatic nitrogens is 4. The number of pyridine rings is 2. The monoisotopic (exact) mass is 414 g/mol. The third kappa shape index (κ3) is 6.04. The van der Waals surface area contributed by atoms with E-state index in [1.807, 2.05) is 18.5 Å². The molecule has 0 radical (unpaired) electrons. The van der Waals surface area contributed by atoms with Gasteiger partial charge in [0.25, 0.3) is 0 Å². The highest BCUT2D eigenvalue weighted by Gasteiger charge is 2.09. The SMILES string of the molecule is CCc1ccc(CCc2ncc(Cc3ccnc(C(C=NC)=CN)n3)cc2CC)nc1. The number of rotatable bonds is 9. The number of hydrogen-bond donors (Lipinski definition) is 1. The van der Waals surface area contributed by atoms with Gasteiger partial charge in [0.1, 0.15) is 0 Å². The van der Waals surface area contributed by atoms with Crippen LogP contribution in [-0.4, -0.2) is 33.2 Å². The maximum atomic E-state index is 5.69. The minimum atomic E-state index is 0.576. The largest absolute Gasteiger partial charge is 0.404 e. The topological polar surface area (TPSA) is 89.9 Å². The molecule has 0 aliphatic carbocycles. The standard InChI is InChI=1S/C25H30N6/c1-4-18-6-7-22(29-15-18)8-9-24-20(5-2)12-19(16-30-24)13-23-10-11-28-25(31-23)21(14-26)17-27-3/h6-7,10-12,14-17H,4-5,8-9,13,26H2,1-3H3. The summed E-state index contributed by atoms with van der Waals surface area (Å²) in [4.78, 5) is 22.3. The van der Waals surface area contributed by atoms with Gasteiger partial charge in [0.05, 0.1) is 5.57 Å². The van der Waals surface area contributed by atoms with Crippen molar-refractivity contribution in [3.05, 3.63) is 88.7 Å². The van der Waals surface area contributed by atoms with Gasteiger partial charge in [-0.05, 0) is 54.5 Å². The lowest BCUT2D eigenvalue weighted by Crippen LogP contribution is -2.05. The Balaban J connectivity index is 1.72. The van der Waals surface area contributed by atoms with Crippen LogP contribution in [0, 0.1) is 0 Å². The molecule has 3 aromatic rings. The number of aliphatic imine (C=N–C) groups is 1. The average Bonchev–Trinajstić information content (AvgIpc) is 2.82. The van der Waals surface area contributed by atoms with E-state index in [0.717, 1.165) is 48.3 Å². The summed E-state index contributed by atoms with van der Waals surface area (Å²) in [6.45, 7) is 4.31. The van der Waals surface area contributed by atoms with Crippen molar-refractivity contribution in [1.29, 1.82) is 0 Å². The molecule has 0 bridgehead atoms. The fourth-order valence-electron chi connectivity index (χ4n) is 3.43. The molecule has 0 saturated heterocycles. The number of hydrogen-bond acceptors (Lipinski definition) is 6. The zero-order valence-corrected chi connectivity index (χ0v) is 18.5. The van der Waals surface area contributed by atoms with E-state index in [2.05, 4.69) is 52.0 Å². The molecule has 0 atom stereocenters. The number of allylic oxidation sites excluding steroid dienone is 1. The summed E-state index contributed by atoms with van der Waals surface area (Å²) in [6, 6.07) is 8.45. The molecule has 3 aromatic heterocycles. The summed E-state index contributed by atoms with van der Waals surface area (Å²) in [5.74, 6) is 0.576. The molecule has 160 valence electrons. The summed E-state index contributed by atoms with van der Waals surface area (Å²) in [5.41, 5.74) is 13.2. The van der Waals surface area contributed by atoms with Crippen molar-refractivity contribution in [3.8, 4) is 0 Å². The molecule has 3 heterocycles. The first-order valence-corrected chi connectivity index (χ1v) is 10.7. The second-order valence-corrected chi connectivity index (χ2v) is 7.37. The number of aryl methyl sites for hydroxylation is 4. The van der Waals surface area contributed by atoms with Gasteiger partial charge >= 0.3 is 0 Å². The summed E-state index contributed by atoms with van der Waals surface area (Å²) in [5, 5.41) is 0. The van der Waals surface area contributed by atoms with Crippen molar-refractivity contribution in [1.82, 2.24) is 19.9 Å². The highest BCUT2D eigenvalue weighted by molar-refractivity contribution is 6.07. The molecule has 6 heteroatoms. The van der Waals surface area contributed by atoms with E-state index in [1.165, 1.54) is 17.3 Å². The van der Waals surface area contributed by atoms with Crippen molar-refractivity contribution >= 4 is 11.8 Å². The van der Waals surface area contributed by atoms with E-state index in [4.69, 9.17) is 10.7 Å². The van der Waals surface area contributed by atoms with Crippen molar-refractivity contribution < 1.29 is 0 Å². The number of nitrogens with zero attached hydrogens (tertiary/aromatic N) is 5. The lowest BCUT2D eigenvalue weighted by Gasteiger charge is -2.10. The Hall–Kier alpha value is -3.41. The molecular weight excluding hydrogens is 384 g/mol. The van der Waals surface area contributed by atoms with Gasteiger partial charge in [0.15, 0.2) is 5.82 Å². The van der Waals surface area contributed by atoms with Gasteiger partial charge in [0, 0.05) is 61.6 Å². The Morgan fingerprint density at radius 1 is 0.968 bits per heavy atom. The quantitative estimate of drug-likeness (QED) is 0.538. The van der Waals surface area contributed by atoms with E-state index in [0.29, 0.717) is 17.8 Å². The van der Waals surface area contributed by atoms with Crippen LogP contribution in [0.4, 0.5) is 0 Å². The predicted molar refractivity (Wildman–Crippen MR) is 126 cm³/mol. The summed E-state index contributed by atoms with van der Waals surface area (Å²) < 4.78 is 0. The van der Waals surface area contributed by atoms with Crippen LogP contribution in [0.3, 0.4) is 0 Å². The fourth-order valence-corrected chi connectivity index (χ4v) is 3.43. The molecule has 2 N–H and O–H groups in total. The summed E-state index contributed by atoms with van der Waals surface area (Å²) in [7, 11) is 1.70.